The Morgan fingerprint density at radius 3 is 2.24 bits per heavy atom. The van der Waals surface area contributed by atoms with Gasteiger partial charge in [0.2, 0.25) is 0 Å². The number of alkyl carbamates (subject to hydrolysis) is 1. The highest BCUT2D eigenvalue weighted by Crippen LogP contribution is 2.34. The number of alkyl halides is 3. The minimum Gasteiger partial charge on any atom is -0.479 e. The summed E-state index contributed by atoms with van der Waals surface area (Å²) in [5, 5.41) is 11.2. The van der Waals surface area contributed by atoms with Crippen LogP contribution in [0, 0.1) is 0 Å². The van der Waals surface area contributed by atoms with E-state index in [0.29, 0.717) is 5.56 Å². The molecule has 0 saturated heterocycles. The maximum Gasteiger partial charge on any atom is 0.416 e. The van der Waals surface area contributed by atoms with Gasteiger partial charge in [0, 0.05) is 0 Å². The fraction of sp³-hybridized carbons (Fsp3) is 0.176. The van der Waals surface area contributed by atoms with E-state index >= 15 is 0 Å². The number of hydrogen-bond donors (Lipinski definition) is 2. The summed E-state index contributed by atoms with van der Waals surface area (Å²) in [5.74, 6) is -1.63. The van der Waals surface area contributed by atoms with Gasteiger partial charge < -0.3 is 15.2 Å². The molecule has 0 unspecified atom stereocenters. The van der Waals surface area contributed by atoms with Gasteiger partial charge in [-0.1, -0.05) is 48.5 Å². The first-order chi connectivity index (χ1) is 11.8. The monoisotopic (exact) mass is 353 g/mol. The number of carboxylic acid groups (broad SMARTS) is 1. The quantitative estimate of drug-likeness (QED) is 0.858. The Balaban J connectivity index is 2.14. The first-order valence-electron chi connectivity index (χ1n) is 7.15. The number of nitrogens with one attached hydrogen (secondary N) is 1. The van der Waals surface area contributed by atoms with Gasteiger partial charge in [0.05, 0.1) is 5.56 Å². The lowest BCUT2D eigenvalue weighted by Gasteiger charge is -2.19. The lowest BCUT2D eigenvalue weighted by Crippen LogP contribution is -2.35. The molecule has 2 aromatic carbocycles. The standard InChI is InChI=1S/C17H14F3NO4/c18-17(19,20)13-9-5-4-8-12(13)14(15(22)23)21-16(24)25-10-11-6-2-1-3-7-11/h1-9,14H,10H2,(H,21,24)(H,22,23)/t14-/m0/s1. The van der Waals surface area contributed by atoms with Gasteiger partial charge in [0.25, 0.3) is 0 Å². The SMILES string of the molecule is O=C(N[C@H](C(=O)O)c1ccccc1C(F)(F)F)OCc1ccccc1. The van der Waals surface area contributed by atoms with Crippen LogP contribution in [-0.2, 0) is 22.3 Å². The van der Waals surface area contributed by atoms with Crippen LogP contribution in [0.15, 0.2) is 54.6 Å². The van der Waals surface area contributed by atoms with Crippen LogP contribution in [0.4, 0.5) is 18.0 Å². The van der Waals surface area contributed by atoms with Crippen molar-refractivity contribution in [2.45, 2.75) is 18.8 Å². The van der Waals surface area contributed by atoms with Gasteiger partial charge in [-0.2, -0.15) is 13.2 Å². The van der Waals surface area contributed by atoms with E-state index in [4.69, 9.17) is 4.74 Å². The van der Waals surface area contributed by atoms with E-state index in [9.17, 15) is 27.9 Å². The number of ether oxygens (including phenoxy) is 1. The maximum absolute atomic E-state index is 13.0. The largest absolute Gasteiger partial charge is 0.479 e. The number of rotatable bonds is 5. The summed E-state index contributed by atoms with van der Waals surface area (Å²) in [4.78, 5) is 23.1. The maximum atomic E-state index is 13.0. The van der Waals surface area contributed by atoms with Crippen molar-refractivity contribution in [2.75, 3.05) is 0 Å². The number of halogens is 3. The van der Waals surface area contributed by atoms with Crippen molar-refractivity contribution < 1.29 is 32.6 Å². The Kier molecular flexibility index (Phi) is 5.63. The van der Waals surface area contributed by atoms with Gasteiger partial charge in [-0.3, -0.25) is 0 Å². The zero-order valence-corrected chi connectivity index (χ0v) is 12.8. The lowest BCUT2D eigenvalue weighted by atomic mass is 10.00. The van der Waals surface area contributed by atoms with E-state index in [2.05, 4.69) is 0 Å². The Morgan fingerprint density at radius 1 is 1.04 bits per heavy atom. The first-order valence-corrected chi connectivity index (χ1v) is 7.15. The fourth-order valence-electron chi connectivity index (χ4n) is 2.16. The molecule has 0 saturated carbocycles. The molecule has 0 heterocycles. The van der Waals surface area contributed by atoms with Crippen LogP contribution in [0.25, 0.3) is 0 Å². The third kappa shape index (κ3) is 4.97. The Morgan fingerprint density at radius 2 is 1.64 bits per heavy atom. The van der Waals surface area contributed by atoms with Crippen LogP contribution >= 0.6 is 0 Å². The highest BCUT2D eigenvalue weighted by atomic mass is 19.4. The van der Waals surface area contributed by atoms with E-state index in [0.717, 1.165) is 18.2 Å². The van der Waals surface area contributed by atoms with E-state index in [1.54, 1.807) is 30.3 Å². The Bertz CT molecular complexity index is 747. The molecule has 8 heteroatoms. The first kappa shape index (κ1) is 18.3. The van der Waals surface area contributed by atoms with E-state index in [1.165, 1.54) is 6.07 Å². The topological polar surface area (TPSA) is 75.6 Å². The molecule has 0 aliphatic rings. The highest BCUT2D eigenvalue weighted by Gasteiger charge is 2.37. The predicted molar refractivity (Wildman–Crippen MR) is 81.6 cm³/mol. The van der Waals surface area contributed by atoms with Crippen LogP contribution in [0.1, 0.15) is 22.7 Å². The molecule has 5 nitrogen and oxygen atoms in total. The summed E-state index contributed by atoms with van der Waals surface area (Å²) in [5.41, 5.74) is -1.05. The summed E-state index contributed by atoms with van der Waals surface area (Å²) in [7, 11) is 0. The average Bonchev–Trinajstić information content (AvgIpc) is 2.58. The normalized spacial score (nSPS) is 12.3. The molecule has 0 fully saturated rings. The van der Waals surface area contributed by atoms with E-state index < -0.39 is 35.4 Å². The summed E-state index contributed by atoms with van der Waals surface area (Å²) >= 11 is 0. The van der Waals surface area contributed by atoms with Crippen LogP contribution in [-0.4, -0.2) is 17.2 Å². The molecule has 0 aliphatic carbocycles. The van der Waals surface area contributed by atoms with Crippen molar-refractivity contribution in [1.82, 2.24) is 5.32 Å². The van der Waals surface area contributed by atoms with Crippen LogP contribution in [0.5, 0.6) is 0 Å². The molecule has 0 bridgehead atoms. The molecule has 2 aromatic rings. The second kappa shape index (κ2) is 7.69. The number of carbonyl (C=O) groups excluding carboxylic acids is 1. The zero-order chi connectivity index (χ0) is 18.4. The van der Waals surface area contributed by atoms with Crippen molar-refractivity contribution >= 4 is 12.1 Å². The molecular formula is C17H14F3NO4. The van der Waals surface area contributed by atoms with Crippen molar-refractivity contribution in [2.24, 2.45) is 0 Å². The number of aliphatic carboxylic acids is 1. The van der Waals surface area contributed by atoms with Crippen molar-refractivity contribution in [1.29, 1.82) is 0 Å². The fourth-order valence-corrected chi connectivity index (χ4v) is 2.16. The molecule has 2 rings (SSSR count). The van der Waals surface area contributed by atoms with Crippen molar-refractivity contribution in [3.8, 4) is 0 Å². The lowest BCUT2D eigenvalue weighted by molar-refractivity contribution is -0.142. The van der Waals surface area contributed by atoms with Gasteiger partial charge in [0.1, 0.15) is 6.61 Å². The molecule has 25 heavy (non-hydrogen) atoms. The average molecular weight is 353 g/mol. The molecule has 132 valence electrons. The zero-order valence-electron chi connectivity index (χ0n) is 12.8. The van der Waals surface area contributed by atoms with Gasteiger partial charge in [-0.15, -0.1) is 0 Å². The smallest absolute Gasteiger partial charge is 0.416 e. The van der Waals surface area contributed by atoms with Crippen LogP contribution in [0.3, 0.4) is 0 Å². The Labute approximate surface area is 141 Å². The second-order valence-electron chi connectivity index (χ2n) is 5.06. The van der Waals surface area contributed by atoms with Crippen LogP contribution < -0.4 is 5.32 Å². The minimum absolute atomic E-state index is 0.139. The number of benzene rings is 2. The number of amides is 1. The summed E-state index contributed by atoms with van der Waals surface area (Å²) in [6, 6.07) is 10.8. The van der Waals surface area contributed by atoms with Gasteiger partial charge in [-0.25, -0.2) is 9.59 Å². The number of carbonyl (C=O) groups is 2. The molecule has 2 N–H and O–H groups in total. The summed E-state index contributed by atoms with van der Waals surface area (Å²) in [6.07, 6.45) is -5.88. The highest BCUT2D eigenvalue weighted by molar-refractivity contribution is 5.81. The molecule has 0 aliphatic heterocycles. The number of hydrogen-bond acceptors (Lipinski definition) is 3. The van der Waals surface area contributed by atoms with Gasteiger partial charge in [-0.05, 0) is 17.2 Å². The van der Waals surface area contributed by atoms with E-state index in [-0.39, 0.29) is 6.61 Å². The van der Waals surface area contributed by atoms with Crippen molar-refractivity contribution in [3.05, 3.63) is 71.3 Å². The van der Waals surface area contributed by atoms with E-state index in [1.807, 2.05) is 5.32 Å². The third-order valence-electron chi connectivity index (χ3n) is 3.30. The molecule has 0 radical (unpaired) electrons. The third-order valence-corrected chi connectivity index (χ3v) is 3.30. The molecule has 1 atom stereocenters. The molecule has 0 aromatic heterocycles. The van der Waals surface area contributed by atoms with Gasteiger partial charge in [0.15, 0.2) is 6.04 Å². The number of carboxylic acids is 1. The Hall–Kier alpha value is -3.03. The summed E-state index contributed by atoms with van der Waals surface area (Å²) in [6.45, 7) is -0.139. The van der Waals surface area contributed by atoms with Crippen molar-refractivity contribution in [3.63, 3.8) is 0 Å². The molecule has 1 amide bonds. The summed E-state index contributed by atoms with van der Waals surface area (Å²) < 4.78 is 44.0. The molecular weight excluding hydrogens is 339 g/mol. The van der Waals surface area contributed by atoms with Crippen LogP contribution in [0.2, 0.25) is 0 Å². The van der Waals surface area contributed by atoms with Gasteiger partial charge >= 0.3 is 18.2 Å². The predicted octanol–water partition coefficient (Wildman–Crippen LogP) is 3.76. The minimum atomic E-state index is -4.75. The second-order valence-corrected chi connectivity index (χ2v) is 5.06. The molecule has 0 spiro atoms.